The molecule has 2 unspecified atom stereocenters. The van der Waals surface area contributed by atoms with Crippen LogP contribution in [0.25, 0.3) is 0 Å². The molecular weight excluding hydrogens is 230 g/mol. The highest BCUT2D eigenvalue weighted by molar-refractivity contribution is 5.29. The summed E-state index contributed by atoms with van der Waals surface area (Å²) in [6.07, 6.45) is -0.114. The van der Waals surface area contributed by atoms with Gasteiger partial charge in [0.25, 0.3) is 0 Å². The zero-order valence-electron chi connectivity index (χ0n) is 11.4. The second kappa shape index (κ2) is 8.08. The van der Waals surface area contributed by atoms with Crippen LogP contribution in [0.5, 0.6) is 5.75 Å². The molecule has 1 rings (SSSR count). The maximum absolute atomic E-state index is 5.96. The quantitative estimate of drug-likeness (QED) is 0.721. The van der Waals surface area contributed by atoms with E-state index in [2.05, 4.69) is 0 Å². The average molecular weight is 253 g/mol. The Bertz CT molecular complexity index is 324. The molecule has 2 N–H and O–H groups in total. The van der Waals surface area contributed by atoms with Crippen LogP contribution in [0.15, 0.2) is 24.3 Å². The second-order valence-electron chi connectivity index (χ2n) is 4.12. The van der Waals surface area contributed by atoms with E-state index in [-0.39, 0.29) is 12.1 Å². The first-order chi connectivity index (χ1) is 8.69. The minimum absolute atomic E-state index is 0.0694. The third kappa shape index (κ3) is 4.64. The molecule has 1 aromatic carbocycles. The fraction of sp³-hybridized carbons (Fsp3) is 0.571. The highest BCUT2D eigenvalue weighted by Crippen LogP contribution is 2.22. The van der Waals surface area contributed by atoms with Crippen molar-refractivity contribution < 1.29 is 14.2 Å². The molecule has 0 bridgehead atoms. The molecule has 4 nitrogen and oxygen atoms in total. The maximum Gasteiger partial charge on any atom is 0.118 e. The van der Waals surface area contributed by atoms with Gasteiger partial charge in [-0.1, -0.05) is 12.1 Å². The Kier molecular flexibility index (Phi) is 6.72. The number of methoxy groups -OCH3 is 1. The number of hydrogen-bond donors (Lipinski definition) is 1. The van der Waals surface area contributed by atoms with Crippen LogP contribution in [0, 0.1) is 0 Å². The summed E-state index contributed by atoms with van der Waals surface area (Å²) in [5.41, 5.74) is 7.01. The van der Waals surface area contributed by atoms with E-state index >= 15 is 0 Å². The largest absolute Gasteiger partial charge is 0.497 e. The molecule has 0 aliphatic rings. The highest BCUT2D eigenvalue weighted by Gasteiger charge is 2.16. The van der Waals surface area contributed by atoms with Crippen molar-refractivity contribution in [3.63, 3.8) is 0 Å². The summed E-state index contributed by atoms with van der Waals surface area (Å²) in [4.78, 5) is 0. The van der Waals surface area contributed by atoms with Gasteiger partial charge in [0.2, 0.25) is 0 Å². The first kappa shape index (κ1) is 15.0. The molecule has 0 saturated carbocycles. The Morgan fingerprint density at radius 1 is 1.17 bits per heavy atom. The van der Waals surface area contributed by atoms with E-state index in [1.165, 1.54) is 0 Å². The minimum atomic E-state index is -0.114. The first-order valence-corrected chi connectivity index (χ1v) is 6.28. The monoisotopic (exact) mass is 253 g/mol. The summed E-state index contributed by atoms with van der Waals surface area (Å²) < 4.78 is 16.2. The molecular formula is C14H23NO3. The van der Waals surface area contributed by atoms with Gasteiger partial charge >= 0.3 is 0 Å². The molecule has 0 aromatic heterocycles. The molecule has 4 heteroatoms. The summed E-state index contributed by atoms with van der Waals surface area (Å²) in [6.45, 7) is 5.75. The van der Waals surface area contributed by atoms with E-state index < -0.39 is 0 Å². The molecule has 0 heterocycles. The van der Waals surface area contributed by atoms with E-state index in [0.717, 1.165) is 11.3 Å². The lowest BCUT2D eigenvalue weighted by Gasteiger charge is -2.22. The highest BCUT2D eigenvalue weighted by atomic mass is 16.5. The lowest BCUT2D eigenvalue weighted by atomic mass is 10.0. The van der Waals surface area contributed by atoms with Crippen LogP contribution in [0.3, 0.4) is 0 Å². The van der Waals surface area contributed by atoms with E-state index in [4.69, 9.17) is 19.9 Å². The van der Waals surface area contributed by atoms with Gasteiger partial charge in [-0.05, 0) is 31.5 Å². The number of benzene rings is 1. The van der Waals surface area contributed by atoms with E-state index in [1.807, 2.05) is 38.1 Å². The molecule has 2 atom stereocenters. The average Bonchev–Trinajstić information content (AvgIpc) is 2.39. The van der Waals surface area contributed by atoms with Crippen LogP contribution < -0.4 is 10.5 Å². The van der Waals surface area contributed by atoms with Crippen LogP contribution >= 0.6 is 0 Å². The fourth-order valence-electron chi connectivity index (χ4n) is 1.72. The predicted octanol–water partition coefficient (Wildman–Crippen LogP) is 2.14. The molecule has 0 saturated heterocycles. The lowest BCUT2D eigenvalue weighted by Crippen LogP contribution is -2.28. The van der Waals surface area contributed by atoms with Gasteiger partial charge < -0.3 is 19.9 Å². The summed E-state index contributed by atoms with van der Waals surface area (Å²) >= 11 is 0. The van der Waals surface area contributed by atoms with Crippen LogP contribution in [-0.4, -0.2) is 33.0 Å². The summed E-state index contributed by atoms with van der Waals surface area (Å²) in [5.74, 6) is 0.830. The van der Waals surface area contributed by atoms with E-state index in [9.17, 15) is 0 Å². The second-order valence-corrected chi connectivity index (χ2v) is 4.12. The van der Waals surface area contributed by atoms with Crippen LogP contribution in [0.2, 0.25) is 0 Å². The normalized spacial score (nSPS) is 14.2. The summed E-state index contributed by atoms with van der Waals surface area (Å²) in [5, 5.41) is 0. The van der Waals surface area contributed by atoms with Crippen molar-refractivity contribution >= 4 is 0 Å². The minimum Gasteiger partial charge on any atom is -0.497 e. The van der Waals surface area contributed by atoms with E-state index in [0.29, 0.717) is 19.8 Å². The van der Waals surface area contributed by atoms with Crippen LogP contribution in [0.1, 0.15) is 25.5 Å². The standard InChI is InChI=1S/C14H23NO3/c1-4-17-9-10-18-14(11(2)15)12-5-7-13(16-3)8-6-12/h5-8,11,14H,4,9-10,15H2,1-3H3. The van der Waals surface area contributed by atoms with Crippen molar-refractivity contribution in [3.05, 3.63) is 29.8 Å². The Balaban J connectivity index is 2.59. The van der Waals surface area contributed by atoms with Crippen LogP contribution in [0.4, 0.5) is 0 Å². The fourth-order valence-corrected chi connectivity index (χ4v) is 1.72. The van der Waals surface area contributed by atoms with E-state index in [1.54, 1.807) is 7.11 Å². The van der Waals surface area contributed by atoms with Crippen LogP contribution in [-0.2, 0) is 9.47 Å². The molecule has 0 spiro atoms. The Labute approximate surface area is 109 Å². The molecule has 0 aliphatic heterocycles. The Hall–Kier alpha value is -1.10. The topological polar surface area (TPSA) is 53.7 Å². The van der Waals surface area contributed by atoms with Crippen molar-refractivity contribution in [2.75, 3.05) is 26.9 Å². The van der Waals surface area contributed by atoms with Gasteiger partial charge in [0, 0.05) is 12.6 Å². The van der Waals surface area contributed by atoms with Gasteiger partial charge in [0.1, 0.15) is 5.75 Å². The number of rotatable bonds is 8. The van der Waals surface area contributed by atoms with Crippen molar-refractivity contribution in [2.24, 2.45) is 5.73 Å². The molecule has 102 valence electrons. The van der Waals surface area contributed by atoms with Crippen molar-refractivity contribution in [3.8, 4) is 5.75 Å². The lowest BCUT2D eigenvalue weighted by molar-refractivity contribution is -0.00243. The number of nitrogens with two attached hydrogens (primary N) is 1. The van der Waals surface area contributed by atoms with Gasteiger partial charge in [0.05, 0.1) is 26.4 Å². The van der Waals surface area contributed by atoms with Crippen molar-refractivity contribution in [2.45, 2.75) is 26.0 Å². The molecule has 0 aliphatic carbocycles. The Morgan fingerprint density at radius 2 is 1.83 bits per heavy atom. The van der Waals surface area contributed by atoms with Gasteiger partial charge in [0.15, 0.2) is 0 Å². The molecule has 1 aromatic rings. The Morgan fingerprint density at radius 3 is 2.33 bits per heavy atom. The van der Waals surface area contributed by atoms with Gasteiger partial charge in [-0.25, -0.2) is 0 Å². The van der Waals surface area contributed by atoms with Gasteiger partial charge in [-0.3, -0.25) is 0 Å². The van der Waals surface area contributed by atoms with Crippen molar-refractivity contribution in [1.29, 1.82) is 0 Å². The van der Waals surface area contributed by atoms with Gasteiger partial charge in [-0.2, -0.15) is 0 Å². The molecule has 0 amide bonds. The van der Waals surface area contributed by atoms with Gasteiger partial charge in [-0.15, -0.1) is 0 Å². The maximum atomic E-state index is 5.96. The first-order valence-electron chi connectivity index (χ1n) is 6.28. The predicted molar refractivity (Wildman–Crippen MR) is 71.8 cm³/mol. The summed E-state index contributed by atoms with van der Waals surface area (Å²) in [6, 6.07) is 7.72. The van der Waals surface area contributed by atoms with Crippen molar-refractivity contribution in [1.82, 2.24) is 0 Å². The summed E-state index contributed by atoms with van der Waals surface area (Å²) in [7, 11) is 1.65. The smallest absolute Gasteiger partial charge is 0.118 e. The third-order valence-electron chi connectivity index (χ3n) is 2.65. The zero-order chi connectivity index (χ0) is 13.4. The number of hydrogen-bond acceptors (Lipinski definition) is 4. The molecule has 18 heavy (non-hydrogen) atoms. The zero-order valence-corrected chi connectivity index (χ0v) is 11.4. The third-order valence-corrected chi connectivity index (χ3v) is 2.65. The SMILES string of the molecule is CCOCCOC(c1ccc(OC)cc1)C(C)N. The number of ether oxygens (including phenoxy) is 3. The molecule has 0 radical (unpaired) electrons. The molecule has 0 fully saturated rings.